The van der Waals surface area contributed by atoms with Crippen molar-refractivity contribution in [3.05, 3.63) is 24.3 Å². The van der Waals surface area contributed by atoms with Gasteiger partial charge >= 0.3 is 0 Å². The molecular weight excluding hydrogens is 648 g/mol. The lowest BCUT2D eigenvalue weighted by Gasteiger charge is -2.37. The van der Waals surface area contributed by atoms with Gasteiger partial charge in [-0.1, -0.05) is 41.0 Å². The van der Waals surface area contributed by atoms with Gasteiger partial charge in [0.25, 0.3) is 17.6 Å². The molecule has 2 aliphatic carbocycles. The third-order valence-electron chi connectivity index (χ3n) is 8.91. The zero-order valence-corrected chi connectivity index (χ0v) is 28.6. The van der Waals surface area contributed by atoms with Gasteiger partial charge in [-0.15, -0.1) is 11.8 Å². The summed E-state index contributed by atoms with van der Waals surface area (Å²) in [6.07, 6.45) is 4.89. The van der Waals surface area contributed by atoms with Crippen LogP contribution >= 0.6 is 11.8 Å². The number of alkyl halides is 2. The molecule has 1 unspecified atom stereocenters. The number of nitrogens with zero attached hydrogens (tertiary/aromatic N) is 3. The summed E-state index contributed by atoms with van der Waals surface area (Å²) in [7, 11) is 0. The Hall–Kier alpha value is -3.69. The maximum absolute atomic E-state index is 14.4. The van der Waals surface area contributed by atoms with Crippen molar-refractivity contribution in [1.82, 2.24) is 36.1 Å². The Morgan fingerprint density at radius 1 is 1.00 bits per heavy atom. The number of hydrogen-bond acceptors (Lipinski definition) is 9. The molecule has 0 spiro atoms. The summed E-state index contributed by atoms with van der Waals surface area (Å²) in [6.45, 7) is 9.00. The van der Waals surface area contributed by atoms with E-state index in [9.17, 15) is 37.5 Å². The first-order valence-corrected chi connectivity index (χ1v) is 17.4. The van der Waals surface area contributed by atoms with Crippen LogP contribution in [0, 0.1) is 23.2 Å². The smallest absolute Gasteiger partial charge is 0.290 e. The van der Waals surface area contributed by atoms with Gasteiger partial charge in [-0.2, -0.15) is 0 Å². The van der Waals surface area contributed by atoms with E-state index in [0.29, 0.717) is 31.0 Å². The van der Waals surface area contributed by atoms with Crippen molar-refractivity contribution in [2.75, 3.05) is 12.3 Å². The molecule has 264 valence electrons. The quantitative estimate of drug-likeness (QED) is 0.167. The number of carbonyl (C=O) groups is 6. The van der Waals surface area contributed by atoms with E-state index in [4.69, 9.17) is 0 Å². The molecule has 48 heavy (non-hydrogen) atoms. The maximum atomic E-state index is 14.4. The number of fused-ring (bicyclic) bond motifs is 1. The van der Waals surface area contributed by atoms with Crippen LogP contribution in [0.25, 0.3) is 0 Å². The van der Waals surface area contributed by atoms with Crippen LogP contribution in [-0.4, -0.2) is 98.5 Å². The van der Waals surface area contributed by atoms with Crippen LogP contribution in [0.15, 0.2) is 18.6 Å². The molecule has 0 radical (unpaired) electrons. The average Bonchev–Trinajstić information content (AvgIpc) is 3.59. The molecule has 2 saturated carbocycles. The predicted molar refractivity (Wildman–Crippen MR) is 172 cm³/mol. The van der Waals surface area contributed by atoms with Gasteiger partial charge in [0.2, 0.25) is 24.1 Å². The highest BCUT2D eigenvalue weighted by atomic mass is 32.2. The van der Waals surface area contributed by atoms with Crippen molar-refractivity contribution in [3.63, 3.8) is 0 Å². The fourth-order valence-electron chi connectivity index (χ4n) is 6.25. The van der Waals surface area contributed by atoms with E-state index in [1.165, 1.54) is 23.5 Å². The molecule has 5 amide bonds. The van der Waals surface area contributed by atoms with Crippen LogP contribution in [0.1, 0.15) is 77.2 Å². The number of likely N-dealkylation sites (tertiary alicyclic amines) is 1. The van der Waals surface area contributed by atoms with Crippen LogP contribution in [0.5, 0.6) is 0 Å². The number of halogens is 2. The average molecular weight is 694 g/mol. The molecule has 1 saturated heterocycles. The van der Waals surface area contributed by atoms with Gasteiger partial charge in [0.05, 0.1) is 11.9 Å². The van der Waals surface area contributed by atoms with E-state index in [-0.39, 0.29) is 36.0 Å². The molecule has 6 atom stereocenters. The van der Waals surface area contributed by atoms with Gasteiger partial charge in [-0.25, -0.2) is 13.8 Å². The second kappa shape index (κ2) is 15.7. The molecule has 0 bridgehead atoms. The topological polar surface area (TPSA) is 180 Å². The molecule has 3 aliphatic rings. The first-order valence-electron chi connectivity index (χ1n) is 16.3. The number of ketones is 1. The molecule has 3 fully saturated rings. The first kappa shape index (κ1) is 37.1. The van der Waals surface area contributed by atoms with Crippen molar-refractivity contribution >= 4 is 47.1 Å². The third-order valence-corrected chi connectivity index (χ3v) is 10.0. The first-order chi connectivity index (χ1) is 22.6. The van der Waals surface area contributed by atoms with Gasteiger partial charge in [0.1, 0.15) is 29.2 Å². The fourth-order valence-corrected chi connectivity index (χ4v) is 7.05. The van der Waals surface area contributed by atoms with Gasteiger partial charge in [-0.05, 0) is 48.9 Å². The van der Waals surface area contributed by atoms with E-state index in [0.717, 1.165) is 12.8 Å². The summed E-state index contributed by atoms with van der Waals surface area (Å²) in [6, 6.07) is -3.35. The largest absolute Gasteiger partial charge is 0.347 e. The minimum Gasteiger partial charge on any atom is -0.347 e. The van der Waals surface area contributed by atoms with Gasteiger partial charge in [-0.3, -0.25) is 33.8 Å². The number of rotatable bonds is 14. The van der Waals surface area contributed by atoms with Crippen LogP contribution in [0.2, 0.25) is 0 Å². The number of carbonyl (C=O) groups excluding carboxylic acids is 6. The van der Waals surface area contributed by atoms with E-state index < -0.39 is 76.4 Å². The number of nitrogens with one attached hydrogen (secondary N) is 4. The zero-order valence-electron chi connectivity index (χ0n) is 27.8. The summed E-state index contributed by atoms with van der Waals surface area (Å²) in [5.74, 6) is -5.88. The summed E-state index contributed by atoms with van der Waals surface area (Å²) in [4.78, 5) is 89.6. The van der Waals surface area contributed by atoms with Crippen molar-refractivity contribution in [2.45, 2.75) is 103 Å². The third kappa shape index (κ3) is 9.26. The van der Waals surface area contributed by atoms with Crippen LogP contribution in [-0.2, 0) is 24.0 Å². The maximum Gasteiger partial charge on any atom is 0.290 e. The summed E-state index contributed by atoms with van der Waals surface area (Å²) >= 11 is 0.468. The van der Waals surface area contributed by atoms with E-state index >= 15 is 0 Å². The molecule has 13 nitrogen and oxygen atoms in total. The summed E-state index contributed by atoms with van der Waals surface area (Å²) in [5.41, 5.74) is -0.820. The van der Waals surface area contributed by atoms with E-state index in [2.05, 4.69) is 31.2 Å². The minimum absolute atomic E-state index is 0.0169. The number of thioether (sulfide) groups is 1. The number of Topliss-reactive ketones (excluding diaryl/α,β-unsaturated/α-hetero) is 1. The number of hydrogen-bond donors (Lipinski definition) is 4. The molecule has 2 heterocycles. The van der Waals surface area contributed by atoms with Crippen LogP contribution in [0.3, 0.4) is 0 Å². The van der Waals surface area contributed by atoms with Gasteiger partial charge in [0, 0.05) is 25.0 Å². The lowest BCUT2D eigenvalue weighted by molar-refractivity contribution is -0.145. The van der Waals surface area contributed by atoms with Gasteiger partial charge in [0.15, 0.2) is 0 Å². The molecule has 1 aromatic heterocycles. The highest BCUT2D eigenvalue weighted by Crippen LogP contribution is 2.43. The molecule has 4 N–H and O–H groups in total. The van der Waals surface area contributed by atoms with Crippen molar-refractivity contribution in [2.24, 2.45) is 23.2 Å². The Balaban J connectivity index is 1.54. The second-order valence-electron chi connectivity index (χ2n) is 14.1. The molecule has 4 rings (SSSR count). The molecule has 1 aromatic rings. The fraction of sp³-hybridized carbons (Fsp3) is 0.688. The standard InChI is InChI=1S/C32H45F2N7O6S/c1-16(2)22(38-26(43)20-13-35-11-12-36-20)27(44)39-25(32(3,4)5)31(47)41-14-17-7-6-8-19(17)23(41)28(45)40-30(48-15-21(33)34)24(42)29(46)37-18-9-10-18/h11-13,16-19,21-23,25,30H,6-10,14-15H2,1-5H3,(H,37,46)(H,38,43)(H,39,44)(H,40,45)/t17-,19-,22+,23-,25+,30?/m0/s1. The SMILES string of the molecule is CC(C)[C@@H](NC(=O)c1cnccn1)C(=O)N[C@H](C(=O)N1C[C@@H]2CCC[C@@H]2[C@H]1C(=O)NC(SCC(F)F)C(=O)C(=O)NC1CC1)C(C)(C)C. The lowest BCUT2D eigenvalue weighted by Crippen LogP contribution is -2.62. The summed E-state index contributed by atoms with van der Waals surface area (Å²) in [5, 5.41) is 8.98. The predicted octanol–water partition coefficient (Wildman–Crippen LogP) is 1.68. The Kier molecular flexibility index (Phi) is 12.1. The number of aromatic nitrogens is 2. The highest BCUT2D eigenvalue weighted by molar-refractivity contribution is 8.00. The van der Waals surface area contributed by atoms with Crippen LogP contribution in [0.4, 0.5) is 8.78 Å². The second-order valence-corrected chi connectivity index (χ2v) is 15.2. The highest BCUT2D eigenvalue weighted by Gasteiger charge is 2.52. The Labute approximate surface area is 282 Å². The Bertz CT molecular complexity index is 1370. The zero-order chi connectivity index (χ0) is 35.3. The Morgan fingerprint density at radius 2 is 1.71 bits per heavy atom. The van der Waals surface area contributed by atoms with Crippen LogP contribution < -0.4 is 21.3 Å². The van der Waals surface area contributed by atoms with Crippen molar-refractivity contribution in [3.8, 4) is 0 Å². The molecular formula is C32H45F2N7O6S. The van der Waals surface area contributed by atoms with Crippen molar-refractivity contribution < 1.29 is 37.5 Å². The molecule has 16 heteroatoms. The monoisotopic (exact) mass is 693 g/mol. The molecule has 0 aromatic carbocycles. The number of amides is 5. The minimum atomic E-state index is -2.78. The lowest BCUT2D eigenvalue weighted by atomic mass is 9.85. The summed E-state index contributed by atoms with van der Waals surface area (Å²) < 4.78 is 26.3. The Morgan fingerprint density at radius 3 is 2.29 bits per heavy atom. The van der Waals surface area contributed by atoms with E-state index in [1.807, 2.05) is 0 Å². The van der Waals surface area contributed by atoms with Gasteiger partial charge < -0.3 is 26.2 Å². The van der Waals surface area contributed by atoms with Crippen molar-refractivity contribution in [1.29, 1.82) is 0 Å². The normalized spacial score (nSPS) is 22.4. The molecule has 1 aliphatic heterocycles. The van der Waals surface area contributed by atoms with E-state index in [1.54, 1.807) is 34.6 Å².